The summed E-state index contributed by atoms with van der Waals surface area (Å²) in [5, 5.41) is 37.2. The van der Waals surface area contributed by atoms with Gasteiger partial charge in [-0.15, -0.1) is 0 Å². The van der Waals surface area contributed by atoms with E-state index in [0.717, 1.165) is 49.4 Å². The van der Waals surface area contributed by atoms with Crippen molar-refractivity contribution < 1.29 is 48.5 Å². The Balaban J connectivity index is -0.00000163. The quantitative estimate of drug-likeness (QED) is 0.0453. The molecule has 0 aromatic heterocycles. The summed E-state index contributed by atoms with van der Waals surface area (Å²) in [5.74, 6) is -1.18. The molecule has 0 fully saturated rings. The maximum absolute atomic E-state index is 11.9. The third-order valence-electron chi connectivity index (χ3n) is 15.7. The maximum atomic E-state index is 11.9. The number of ether oxygens (including phenoxy) is 2. The largest absolute Gasteiger partial charge is 0.565 e. The van der Waals surface area contributed by atoms with Crippen LogP contribution in [-0.4, -0.2) is 117 Å². The lowest BCUT2D eigenvalue weighted by molar-refractivity contribution is -0.890. The van der Waals surface area contributed by atoms with Crippen molar-refractivity contribution in [3.8, 4) is 0 Å². The second kappa shape index (κ2) is 61.2. The molecule has 76 heavy (non-hydrogen) atoms. The lowest BCUT2D eigenvalue weighted by Crippen LogP contribution is -2.42. The molecule has 0 rings (SSSR count). The van der Waals surface area contributed by atoms with Gasteiger partial charge in [0.2, 0.25) is 6.16 Å². The molecule has 10 heteroatoms. The molecule has 0 aliphatic heterocycles. The van der Waals surface area contributed by atoms with Crippen molar-refractivity contribution in [1.82, 2.24) is 0 Å². The van der Waals surface area contributed by atoms with E-state index in [2.05, 4.69) is 62.8 Å². The van der Waals surface area contributed by atoms with Crippen LogP contribution in [0.2, 0.25) is 0 Å². The van der Waals surface area contributed by atoms with Crippen LogP contribution in [0.4, 0.5) is 4.79 Å². The number of quaternary nitrogens is 2. The number of aliphatic carboxylic acids is 1. The van der Waals surface area contributed by atoms with Crippen molar-refractivity contribution in [2.75, 3.05) is 67.6 Å². The van der Waals surface area contributed by atoms with Crippen LogP contribution in [0.3, 0.4) is 0 Å². The van der Waals surface area contributed by atoms with Crippen LogP contribution in [0.5, 0.6) is 0 Å². The number of nitrogens with zero attached hydrogens (tertiary/aromatic N) is 2. The summed E-state index contributed by atoms with van der Waals surface area (Å²) in [7, 11) is 9.60. The molecule has 0 aliphatic carbocycles. The summed E-state index contributed by atoms with van der Waals surface area (Å²) < 4.78 is 14.5. The van der Waals surface area contributed by atoms with Gasteiger partial charge in [0.05, 0.1) is 85.8 Å². The minimum atomic E-state index is -2.08. The Morgan fingerprint density at radius 1 is 0.368 bits per heavy atom. The first-order valence-corrected chi connectivity index (χ1v) is 33.3. The first-order chi connectivity index (χ1) is 36.6. The Morgan fingerprint density at radius 2 is 0.592 bits per heavy atom. The van der Waals surface area contributed by atoms with Crippen LogP contribution in [0.15, 0.2) is 0 Å². The van der Waals surface area contributed by atoms with E-state index >= 15 is 0 Å². The van der Waals surface area contributed by atoms with E-state index in [1.165, 1.54) is 275 Å². The molecule has 0 aliphatic rings. The van der Waals surface area contributed by atoms with Crippen molar-refractivity contribution in [1.29, 1.82) is 0 Å². The molecule has 3 unspecified atom stereocenters. The second-order valence-electron chi connectivity index (χ2n) is 24.5. The van der Waals surface area contributed by atoms with Gasteiger partial charge in [-0.2, -0.15) is 0 Å². The summed E-state index contributed by atoms with van der Waals surface area (Å²) >= 11 is 0. The van der Waals surface area contributed by atoms with E-state index in [1.54, 1.807) is 0 Å². The van der Waals surface area contributed by atoms with E-state index in [0.29, 0.717) is 6.42 Å². The van der Waals surface area contributed by atoms with Crippen LogP contribution in [-0.2, 0) is 14.3 Å². The van der Waals surface area contributed by atoms with Gasteiger partial charge in [-0.05, 0) is 70.6 Å². The molecule has 10 nitrogen and oxygen atoms in total. The average Bonchev–Trinajstić information content (AvgIpc) is 3.38. The minimum Gasteiger partial charge on any atom is -0.565 e. The Labute approximate surface area is 474 Å². The van der Waals surface area contributed by atoms with Crippen LogP contribution in [0, 0.1) is 0 Å². The zero-order valence-electron chi connectivity index (χ0n) is 52.7. The van der Waals surface area contributed by atoms with Crippen LogP contribution >= 0.6 is 0 Å². The molecule has 0 saturated heterocycles. The molecule has 0 spiro atoms. The molecule has 0 aromatic rings. The number of aliphatic hydroxyl groups is 1. The maximum Gasteiger partial charge on any atom is 0.249 e. The molecule has 3 atom stereocenters. The number of rotatable bonds is 58. The van der Waals surface area contributed by atoms with Gasteiger partial charge in [0, 0.05) is 0 Å². The van der Waals surface area contributed by atoms with Gasteiger partial charge in [-0.1, -0.05) is 259 Å². The zero-order chi connectivity index (χ0) is 57.1. The van der Waals surface area contributed by atoms with Crippen molar-refractivity contribution in [3.05, 3.63) is 0 Å². The molecule has 0 bridgehead atoms. The fourth-order valence-electron chi connectivity index (χ4n) is 10.5. The topological polar surface area (TPSA) is 139 Å². The summed E-state index contributed by atoms with van der Waals surface area (Å²) in [4.78, 5) is 20.3. The molecule has 2 N–H and O–H groups in total. The van der Waals surface area contributed by atoms with Crippen LogP contribution < -0.4 is 10.2 Å². The number of carboxylic acid groups (broad SMARTS) is 3. The molecular formula is C66H136N2O8. The van der Waals surface area contributed by atoms with Gasteiger partial charge in [0.1, 0.15) is 6.10 Å². The van der Waals surface area contributed by atoms with Crippen molar-refractivity contribution >= 4 is 12.1 Å². The first kappa shape index (κ1) is 78.8. The second-order valence-corrected chi connectivity index (χ2v) is 24.5. The van der Waals surface area contributed by atoms with Crippen LogP contribution in [0.1, 0.15) is 330 Å². The van der Waals surface area contributed by atoms with E-state index < -0.39 is 24.3 Å². The zero-order valence-corrected chi connectivity index (χ0v) is 52.7. The van der Waals surface area contributed by atoms with Crippen molar-refractivity contribution in [2.24, 2.45) is 0 Å². The highest BCUT2D eigenvalue weighted by Crippen LogP contribution is 2.20. The lowest BCUT2D eigenvalue weighted by Gasteiger charge is -2.30. The molecule has 458 valence electrons. The number of carbonyl (C=O) groups is 2. The number of carbonyl (C=O) groups excluding carboxylic acids is 1. The standard InChI is InChI=1S/C43H87NO5.C22H48N.CH2O3/c1-6-9-12-14-16-18-19-20-21-22-23-24-26-29-35-42(43(46)47)49-41(38-45)39-48-40(33-28-11-8-3)34-30-32-37-44(4,5)36-31-27-25-17-15-13-10-7-2;1-5-7-9-11-13-15-17-19-21-23(3,4)22-20-18-16-14-12-10-8-6-2;2-1(3)4/h40-42,45H,6-39H2,1-5H3;5-22H2,1-4H3;(H2,2,3,4)/q;+1;/p-1. The fraction of sp³-hybridized carbons (Fsp3) is 0.970. The number of hydrogen-bond acceptors (Lipinski definition) is 7. The number of aliphatic hydroxyl groups excluding tert-OH is 1. The number of carboxylic acids is 1. The van der Waals surface area contributed by atoms with Gasteiger partial charge < -0.3 is 48.5 Å². The Hall–Kier alpha value is -1.46. The normalized spacial score (nSPS) is 12.9. The molecule has 0 aromatic carbocycles. The molecule has 0 saturated carbocycles. The van der Waals surface area contributed by atoms with E-state index in [4.69, 9.17) is 24.5 Å². The Bertz CT molecular complexity index is 1130. The molecule has 0 amide bonds. The Kier molecular flexibility index (Phi) is 63.4. The van der Waals surface area contributed by atoms with Gasteiger partial charge in [-0.3, -0.25) is 0 Å². The van der Waals surface area contributed by atoms with Gasteiger partial charge >= 0.3 is 0 Å². The summed E-state index contributed by atoms with van der Waals surface area (Å²) in [6.07, 6.45) is 56.4. The highest BCUT2D eigenvalue weighted by molar-refractivity contribution is 5.69. The minimum absolute atomic E-state index is 0.125. The predicted molar refractivity (Wildman–Crippen MR) is 323 cm³/mol. The van der Waals surface area contributed by atoms with E-state index in [-0.39, 0.29) is 19.3 Å². The fourth-order valence-corrected chi connectivity index (χ4v) is 10.5. The predicted octanol–water partition coefficient (Wildman–Crippen LogP) is 16.9. The summed E-state index contributed by atoms with van der Waals surface area (Å²) in [6, 6.07) is 0. The van der Waals surface area contributed by atoms with Crippen LogP contribution in [0.25, 0.3) is 0 Å². The monoisotopic (exact) mass is 1090 g/mol. The average molecular weight is 1090 g/mol. The number of unbranched alkanes of at least 4 members (excludes halogenated alkanes) is 37. The SMILES string of the molecule is CCCCCCCCCCCCCCCCC(OC(CO)COC(CCCCC)CCCC[N+](C)(C)CCCCCCCCCC)C(=O)[O-].CCCCCCCCCC[N+](C)(C)CCCCCCCCCC.O=C([O-])O. The third kappa shape index (κ3) is 65.1. The molecule has 0 heterocycles. The molecular weight excluding hydrogens is 949 g/mol. The van der Waals surface area contributed by atoms with Gasteiger partial charge in [0.25, 0.3) is 0 Å². The molecule has 0 radical (unpaired) electrons. The highest BCUT2D eigenvalue weighted by atomic mass is 16.6. The van der Waals surface area contributed by atoms with Crippen molar-refractivity contribution in [3.63, 3.8) is 0 Å². The van der Waals surface area contributed by atoms with E-state index in [9.17, 15) is 15.0 Å². The number of hydrogen-bond donors (Lipinski definition) is 2. The first-order valence-electron chi connectivity index (χ1n) is 33.3. The Morgan fingerprint density at radius 3 is 0.868 bits per heavy atom. The highest BCUT2D eigenvalue weighted by Gasteiger charge is 2.21. The van der Waals surface area contributed by atoms with E-state index in [1.807, 2.05) is 0 Å². The smallest absolute Gasteiger partial charge is 0.249 e. The van der Waals surface area contributed by atoms with Gasteiger partial charge in [-0.25, -0.2) is 0 Å². The van der Waals surface area contributed by atoms with Crippen molar-refractivity contribution in [2.45, 2.75) is 348 Å². The lowest BCUT2D eigenvalue weighted by atomic mass is 10.0. The summed E-state index contributed by atoms with van der Waals surface area (Å²) in [5.41, 5.74) is 0. The van der Waals surface area contributed by atoms with Gasteiger partial charge in [0.15, 0.2) is 0 Å². The third-order valence-corrected chi connectivity index (χ3v) is 15.7. The summed E-state index contributed by atoms with van der Waals surface area (Å²) in [6.45, 7) is 16.5.